The fourth-order valence-corrected chi connectivity index (χ4v) is 2.26. The molecule has 0 saturated carbocycles. The van der Waals surface area contributed by atoms with Gasteiger partial charge in [0.25, 0.3) is 0 Å². The molecule has 1 aliphatic rings. The lowest BCUT2D eigenvalue weighted by atomic mass is 10.1. The van der Waals surface area contributed by atoms with Gasteiger partial charge >= 0.3 is 0 Å². The molecule has 1 fully saturated rings. The van der Waals surface area contributed by atoms with Crippen LogP contribution in [0.2, 0.25) is 0 Å². The molecule has 0 bridgehead atoms. The summed E-state index contributed by atoms with van der Waals surface area (Å²) in [5, 5.41) is 6.12. The van der Waals surface area contributed by atoms with Gasteiger partial charge in [0.05, 0.1) is 17.6 Å². The van der Waals surface area contributed by atoms with E-state index in [2.05, 4.69) is 38.1 Å². The summed E-state index contributed by atoms with van der Waals surface area (Å²) in [6.45, 7) is 5.59. The van der Waals surface area contributed by atoms with Gasteiger partial charge in [0.2, 0.25) is 5.91 Å². The van der Waals surface area contributed by atoms with Gasteiger partial charge in [-0.15, -0.1) is 0 Å². The third kappa shape index (κ3) is 6.86. The van der Waals surface area contributed by atoms with Gasteiger partial charge in [-0.05, 0) is 19.9 Å². The van der Waals surface area contributed by atoms with Crippen molar-refractivity contribution in [3.8, 4) is 0 Å². The van der Waals surface area contributed by atoms with Crippen LogP contribution in [-0.2, 0) is 9.53 Å². The summed E-state index contributed by atoms with van der Waals surface area (Å²) in [6, 6.07) is 0.369. The molecule has 0 aliphatic carbocycles. The molecule has 1 aliphatic heterocycles. The number of likely N-dealkylation sites (N-methyl/N-ethyl adjacent to an activating group) is 1. The van der Waals surface area contributed by atoms with Crippen molar-refractivity contribution in [3.05, 3.63) is 0 Å². The number of amides is 1. The molecule has 6 heteroatoms. The first-order valence-corrected chi connectivity index (χ1v) is 8.09. The second kappa shape index (κ2) is 9.94. The number of piperidine rings is 1. The third-order valence-electron chi connectivity index (χ3n) is 3.12. The minimum absolute atomic E-state index is 0.157. The number of rotatable bonds is 8. The van der Waals surface area contributed by atoms with Crippen LogP contribution in [0.5, 0.6) is 0 Å². The number of nitrogens with zero attached hydrogens (tertiary/aromatic N) is 1. The van der Waals surface area contributed by atoms with E-state index in [-0.39, 0.29) is 5.91 Å². The summed E-state index contributed by atoms with van der Waals surface area (Å²) >= 11 is 2.10. The van der Waals surface area contributed by atoms with E-state index >= 15 is 0 Å². The van der Waals surface area contributed by atoms with Gasteiger partial charge in [0.1, 0.15) is 0 Å². The summed E-state index contributed by atoms with van der Waals surface area (Å²) < 4.78 is 6.06. The number of alkyl halides is 1. The third-order valence-corrected chi connectivity index (χ3v) is 3.82. The summed E-state index contributed by atoms with van der Waals surface area (Å²) in [4.78, 5) is 13.7. The first kappa shape index (κ1) is 16.1. The van der Waals surface area contributed by atoms with Crippen molar-refractivity contribution in [2.24, 2.45) is 0 Å². The largest absolute Gasteiger partial charge is 0.379 e. The zero-order valence-electron chi connectivity index (χ0n) is 11.1. The maximum absolute atomic E-state index is 11.3. The van der Waals surface area contributed by atoms with Gasteiger partial charge in [-0.25, -0.2) is 0 Å². The molecule has 0 radical (unpaired) electrons. The molecule has 0 aromatic carbocycles. The Labute approximate surface area is 123 Å². The SMILES string of the molecule is CNCCOCCN1CCC(NC(=O)CI)CC1. The minimum Gasteiger partial charge on any atom is -0.379 e. The molecule has 0 aromatic rings. The van der Waals surface area contributed by atoms with Crippen molar-refractivity contribution in [1.29, 1.82) is 0 Å². The second-order valence-electron chi connectivity index (χ2n) is 4.53. The zero-order valence-corrected chi connectivity index (χ0v) is 13.2. The van der Waals surface area contributed by atoms with Gasteiger partial charge in [0, 0.05) is 32.2 Å². The van der Waals surface area contributed by atoms with E-state index in [1.165, 1.54) is 0 Å². The molecule has 0 spiro atoms. The molecule has 0 atom stereocenters. The van der Waals surface area contributed by atoms with Crippen LogP contribution in [0.15, 0.2) is 0 Å². The van der Waals surface area contributed by atoms with Crippen LogP contribution >= 0.6 is 22.6 Å². The normalized spacial score (nSPS) is 17.9. The fraction of sp³-hybridized carbons (Fsp3) is 0.917. The molecule has 0 aromatic heterocycles. The number of nitrogens with one attached hydrogen (secondary N) is 2. The molecular weight excluding hydrogens is 345 g/mol. The van der Waals surface area contributed by atoms with E-state index in [4.69, 9.17) is 4.74 Å². The van der Waals surface area contributed by atoms with E-state index < -0.39 is 0 Å². The van der Waals surface area contributed by atoms with Gasteiger partial charge in [-0.2, -0.15) is 0 Å². The molecule has 1 saturated heterocycles. The standard InChI is InChI=1S/C12H24IN3O2/c1-14-4-8-18-9-7-16-5-2-11(3-6-16)15-12(17)10-13/h11,14H,2-10H2,1H3,(H,15,17). The van der Waals surface area contributed by atoms with Crippen LogP contribution in [-0.4, -0.2) is 67.7 Å². The molecule has 5 nitrogen and oxygen atoms in total. The topological polar surface area (TPSA) is 53.6 Å². The average Bonchev–Trinajstić information content (AvgIpc) is 2.40. The Hall–Kier alpha value is 0.0800. The Morgan fingerprint density at radius 3 is 2.72 bits per heavy atom. The Kier molecular flexibility index (Phi) is 8.91. The molecule has 1 heterocycles. The number of ether oxygens (including phenoxy) is 1. The highest BCUT2D eigenvalue weighted by Crippen LogP contribution is 2.09. The number of carbonyl (C=O) groups is 1. The fourth-order valence-electron chi connectivity index (χ4n) is 2.04. The summed E-state index contributed by atoms with van der Waals surface area (Å²) in [5.41, 5.74) is 0. The van der Waals surface area contributed by atoms with E-state index in [0.29, 0.717) is 10.5 Å². The molecular formula is C12H24IN3O2. The van der Waals surface area contributed by atoms with Crippen LogP contribution in [0, 0.1) is 0 Å². The zero-order chi connectivity index (χ0) is 13.2. The van der Waals surface area contributed by atoms with Gasteiger partial charge < -0.3 is 20.3 Å². The summed E-state index contributed by atoms with van der Waals surface area (Å²) in [7, 11) is 1.93. The number of hydrogen-bond acceptors (Lipinski definition) is 4. The van der Waals surface area contributed by atoms with Crippen molar-refractivity contribution in [1.82, 2.24) is 15.5 Å². The van der Waals surface area contributed by atoms with Gasteiger partial charge in [-0.3, -0.25) is 4.79 Å². The van der Waals surface area contributed by atoms with Crippen LogP contribution in [0.25, 0.3) is 0 Å². The van der Waals surface area contributed by atoms with Crippen molar-refractivity contribution in [2.75, 3.05) is 50.9 Å². The van der Waals surface area contributed by atoms with Crippen molar-refractivity contribution in [3.63, 3.8) is 0 Å². The minimum atomic E-state index is 0.157. The van der Waals surface area contributed by atoms with Crippen molar-refractivity contribution < 1.29 is 9.53 Å². The molecule has 1 rings (SSSR count). The molecule has 1 amide bonds. The highest BCUT2D eigenvalue weighted by Gasteiger charge is 2.19. The number of likely N-dealkylation sites (tertiary alicyclic amines) is 1. The predicted octanol–water partition coefficient (Wildman–Crippen LogP) is 0.238. The van der Waals surface area contributed by atoms with E-state index in [1.807, 2.05) is 7.05 Å². The Balaban J connectivity index is 2.03. The Morgan fingerprint density at radius 1 is 1.39 bits per heavy atom. The molecule has 18 heavy (non-hydrogen) atoms. The smallest absolute Gasteiger partial charge is 0.230 e. The molecule has 2 N–H and O–H groups in total. The summed E-state index contributed by atoms with van der Waals surface area (Å²) in [6.07, 6.45) is 2.11. The maximum Gasteiger partial charge on any atom is 0.230 e. The Morgan fingerprint density at radius 2 is 2.11 bits per heavy atom. The molecule has 106 valence electrons. The number of halogens is 1. The van der Waals surface area contributed by atoms with Crippen LogP contribution < -0.4 is 10.6 Å². The van der Waals surface area contributed by atoms with Crippen LogP contribution in [0.3, 0.4) is 0 Å². The quantitative estimate of drug-likeness (QED) is 0.366. The second-order valence-corrected chi connectivity index (χ2v) is 5.30. The maximum atomic E-state index is 11.3. The lowest BCUT2D eigenvalue weighted by Gasteiger charge is -2.32. The predicted molar refractivity (Wildman–Crippen MR) is 81.2 cm³/mol. The van der Waals surface area contributed by atoms with Crippen LogP contribution in [0.1, 0.15) is 12.8 Å². The highest BCUT2D eigenvalue weighted by atomic mass is 127. The lowest BCUT2D eigenvalue weighted by molar-refractivity contribution is -0.119. The first-order chi connectivity index (χ1) is 8.76. The van der Waals surface area contributed by atoms with Crippen molar-refractivity contribution >= 4 is 28.5 Å². The van der Waals surface area contributed by atoms with Gasteiger partial charge in [0.15, 0.2) is 0 Å². The summed E-state index contributed by atoms with van der Waals surface area (Å²) in [5.74, 6) is 0.157. The van der Waals surface area contributed by atoms with Crippen molar-refractivity contribution in [2.45, 2.75) is 18.9 Å². The number of hydrogen-bond donors (Lipinski definition) is 2. The first-order valence-electron chi connectivity index (χ1n) is 6.56. The average molecular weight is 369 g/mol. The number of carbonyl (C=O) groups excluding carboxylic acids is 1. The highest BCUT2D eigenvalue weighted by molar-refractivity contribution is 14.1. The van der Waals surface area contributed by atoms with Gasteiger partial charge in [-0.1, -0.05) is 22.6 Å². The van der Waals surface area contributed by atoms with Crippen LogP contribution in [0.4, 0.5) is 0 Å². The van der Waals surface area contributed by atoms with E-state index in [1.54, 1.807) is 0 Å². The molecule has 0 unspecified atom stereocenters. The monoisotopic (exact) mass is 369 g/mol. The lowest BCUT2D eigenvalue weighted by Crippen LogP contribution is -2.45. The Bertz CT molecular complexity index is 233. The van der Waals surface area contributed by atoms with E-state index in [0.717, 1.165) is 52.2 Å². The van der Waals surface area contributed by atoms with E-state index in [9.17, 15) is 4.79 Å².